The van der Waals surface area contributed by atoms with Gasteiger partial charge in [0.15, 0.2) is 4.34 Å². The van der Waals surface area contributed by atoms with E-state index in [-0.39, 0.29) is 11.4 Å². The number of benzene rings is 1. The molecule has 2 fully saturated rings. The van der Waals surface area contributed by atoms with Gasteiger partial charge in [-0.2, -0.15) is 0 Å². The lowest BCUT2D eigenvalue weighted by Crippen LogP contribution is -2.59. The second-order valence-electron chi connectivity index (χ2n) is 7.81. The molecule has 1 aromatic heterocycles. The number of hydrogen-bond acceptors (Lipinski definition) is 8. The highest BCUT2D eigenvalue weighted by molar-refractivity contribution is 8.01. The Hall–Kier alpha value is -1.68. The van der Waals surface area contributed by atoms with Gasteiger partial charge in [-0.05, 0) is 25.0 Å². The predicted octanol–water partition coefficient (Wildman–Crippen LogP) is 3.53. The maximum atomic E-state index is 12.5. The average molecular weight is 448 g/mol. The van der Waals surface area contributed by atoms with Gasteiger partial charge < -0.3 is 15.4 Å². The highest BCUT2D eigenvalue weighted by Crippen LogP contribution is 2.34. The van der Waals surface area contributed by atoms with Crippen LogP contribution in [0.2, 0.25) is 0 Å². The number of carbonyl (C=O) groups is 1. The molecule has 0 atom stereocenters. The molecule has 1 aliphatic carbocycles. The van der Waals surface area contributed by atoms with Crippen LogP contribution in [0.25, 0.3) is 0 Å². The highest BCUT2D eigenvalue weighted by Gasteiger charge is 2.38. The van der Waals surface area contributed by atoms with E-state index in [4.69, 9.17) is 4.74 Å². The lowest BCUT2D eigenvalue weighted by atomic mass is 9.79. The van der Waals surface area contributed by atoms with Crippen LogP contribution in [0.15, 0.2) is 34.7 Å². The smallest absolute Gasteiger partial charge is 0.230 e. The van der Waals surface area contributed by atoms with Crippen molar-refractivity contribution in [3.63, 3.8) is 0 Å². The van der Waals surface area contributed by atoms with Gasteiger partial charge in [0, 0.05) is 30.9 Å². The van der Waals surface area contributed by atoms with Gasteiger partial charge in [-0.15, -0.1) is 10.2 Å². The summed E-state index contributed by atoms with van der Waals surface area (Å²) in [5.74, 6) is 0.421. The van der Waals surface area contributed by atoms with Crippen LogP contribution in [0.3, 0.4) is 0 Å². The standard InChI is InChI=1S/C21H29N5O2S2/c27-18(15-29-20-25-24-19(30-20)23-17-7-3-1-4-8-17)22-16-21(9-5-2-6-10-21)26-11-13-28-14-12-26/h1,3-4,7-8H,2,5-6,9-16H2,(H,22,27)(H,23,24). The first kappa shape index (κ1) is 21.5. The fraction of sp³-hybridized carbons (Fsp3) is 0.571. The summed E-state index contributed by atoms with van der Waals surface area (Å²) in [5.41, 5.74) is 1.07. The lowest BCUT2D eigenvalue weighted by molar-refractivity contribution is -0.119. The summed E-state index contributed by atoms with van der Waals surface area (Å²) in [5, 5.41) is 15.5. The van der Waals surface area contributed by atoms with E-state index in [0.29, 0.717) is 5.75 Å². The molecule has 1 saturated carbocycles. The van der Waals surface area contributed by atoms with Gasteiger partial charge in [0.2, 0.25) is 11.0 Å². The fourth-order valence-electron chi connectivity index (χ4n) is 4.26. The molecule has 2 aromatic rings. The fourth-order valence-corrected chi connectivity index (χ4v) is 5.86. The Bertz CT molecular complexity index is 805. The molecule has 1 aliphatic heterocycles. The number of hydrogen-bond donors (Lipinski definition) is 2. The minimum absolute atomic E-state index is 0.0611. The van der Waals surface area contributed by atoms with Crippen molar-refractivity contribution in [2.75, 3.05) is 43.9 Å². The van der Waals surface area contributed by atoms with Crippen molar-refractivity contribution < 1.29 is 9.53 Å². The van der Waals surface area contributed by atoms with E-state index in [1.165, 1.54) is 42.4 Å². The van der Waals surface area contributed by atoms with Crippen LogP contribution in [0, 0.1) is 0 Å². The maximum Gasteiger partial charge on any atom is 0.230 e. The van der Waals surface area contributed by atoms with Gasteiger partial charge in [-0.3, -0.25) is 9.69 Å². The number of rotatable bonds is 8. The van der Waals surface area contributed by atoms with E-state index in [0.717, 1.165) is 60.8 Å². The molecule has 4 rings (SSSR count). The van der Waals surface area contributed by atoms with Crippen molar-refractivity contribution >= 4 is 39.8 Å². The molecule has 30 heavy (non-hydrogen) atoms. The second-order valence-corrected chi connectivity index (χ2v) is 10.0. The van der Waals surface area contributed by atoms with E-state index >= 15 is 0 Å². The number of amides is 1. The minimum Gasteiger partial charge on any atom is -0.379 e. The number of aromatic nitrogens is 2. The third-order valence-electron chi connectivity index (χ3n) is 5.84. The van der Waals surface area contributed by atoms with Crippen LogP contribution in [-0.4, -0.2) is 65.1 Å². The van der Waals surface area contributed by atoms with E-state index in [9.17, 15) is 4.79 Å². The average Bonchev–Trinajstić information content (AvgIpc) is 3.25. The van der Waals surface area contributed by atoms with Crippen molar-refractivity contribution in [1.82, 2.24) is 20.4 Å². The quantitative estimate of drug-likeness (QED) is 0.599. The molecule has 2 heterocycles. The van der Waals surface area contributed by atoms with Gasteiger partial charge in [0.05, 0.1) is 19.0 Å². The number of carbonyl (C=O) groups excluding carboxylic acids is 1. The van der Waals surface area contributed by atoms with E-state index < -0.39 is 0 Å². The van der Waals surface area contributed by atoms with Crippen molar-refractivity contribution in [1.29, 1.82) is 0 Å². The largest absolute Gasteiger partial charge is 0.379 e. The zero-order chi connectivity index (χ0) is 20.7. The Labute approximate surface area is 186 Å². The summed E-state index contributed by atoms with van der Waals surface area (Å²) < 4.78 is 6.33. The lowest BCUT2D eigenvalue weighted by Gasteiger charge is -2.48. The van der Waals surface area contributed by atoms with Crippen molar-refractivity contribution in [2.24, 2.45) is 0 Å². The Morgan fingerprint density at radius 2 is 1.90 bits per heavy atom. The van der Waals surface area contributed by atoms with Gasteiger partial charge in [0.1, 0.15) is 0 Å². The summed E-state index contributed by atoms with van der Waals surface area (Å²) in [6.45, 7) is 4.24. The van der Waals surface area contributed by atoms with Crippen molar-refractivity contribution in [3.8, 4) is 0 Å². The number of nitrogens with zero attached hydrogens (tertiary/aromatic N) is 3. The Morgan fingerprint density at radius 1 is 1.13 bits per heavy atom. The number of morpholine rings is 1. The Balaban J connectivity index is 1.26. The SMILES string of the molecule is O=C(CSc1nnc(Nc2ccccc2)s1)NCC1(N2CCOCC2)CCCCC1. The van der Waals surface area contributed by atoms with Crippen LogP contribution in [0.4, 0.5) is 10.8 Å². The summed E-state index contributed by atoms with van der Waals surface area (Å²) in [6.07, 6.45) is 6.09. The van der Waals surface area contributed by atoms with E-state index in [2.05, 4.69) is 25.7 Å². The van der Waals surface area contributed by atoms with Crippen molar-refractivity contribution in [2.45, 2.75) is 42.0 Å². The predicted molar refractivity (Wildman–Crippen MR) is 122 cm³/mol. The summed E-state index contributed by atoms with van der Waals surface area (Å²) in [7, 11) is 0. The molecule has 0 bridgehead atoms. The zero-order valence-electron chi connectivity index (χ0n) is 17.1. The topological polar surface area (TPSA) is 79.4 Å². The number of para-hydroxylation sites is 1. The molecule has 0 radical (unpaired) electrons. The number of ether oxygens (including phenoxy) is 1. The molecule has 0 spiro atoms. The molecular formula is C21H29N5O2S2. The zero-order valence-corrected chi connectivity index (χ0v) is 18.8. The van der Waals surface area contributed by atoms with Crippen LogP contribution in [0.5, 0.6) is 0 Å². The molecule has 1 aromatic carbocycles. The number of thioether (sulfide) groups is 1. The Kier molecular flexibility index (Phi) is 7.59. The van der Waals surface area contributed by atoms with Crippen molar-refractivity contribution in [3.05, 3.63) is 30.3 Å². The molecule has 7 nitrogen and oxygen atoms in total. The first-order valence-corrected chi connectivity index (χ1v) is 12.4. The number of anilines is 2. The molecule has 2 aliphatic rings. The van der Waals surface area contributed by atoms with E-state index in [1.54, 1.807) is 0 Å². The van der Waals surface area contributed by atoms with Gasteiger partial charge in [-0.1, -0.05) is 60.6 Å². The molecule has 0 unspecified atom stereocenters. The molecule has 9 heteroatoms. The maximum absolute atomic E-state index is 12.5. The van der Waals surface area contributed by atoms with Crippen LogP contribution < -0.4 is 10.6 Å². The summed E-state index contributed by atoms with van der Waals surface area (Å²) in [6, 6.07) is 9.88. The Morgan fingerprint density at radius 3 is 2.67 bits per heavy atom. The van der Waals surface area contributed by atoms with Crippen LogP contribution in [0.1, 0.15) is 32.1 Å². The summed E-state index contributed by atoms with van der Waals surface area (Å²) in [4.78, 5) is 15.1. The van der Waals surface area contributed by atoms with Gasteiger partial charge >= 0.3 is 0 Å². The highest BCUT2D eigenvalue weighted by atomic mass is 32.2. The minimum atomic E-state index is 0.0611. The third-order valence-corrected chi connectivity index (χ3v) is 7.81. The van der Waals surface area contributed by atoms with E-state index in [1.807, 2.05) is 30.3 Å². The number of nitrogens with one attached hydrogen (secondary N) is 2. The summed E-state index contributed by atoms with van der Waals surface area (Å²) >= 11 is 2.91. The first-order valence-electron chi connectivity index (χ1n) is 10.6. The monoisotopic (exact) mass is 447 g/mol. The first-order chi connectivity index (χ1) is 14.7. The molecule has 162 valence electrons. The van der Waals surface area contributed by atoms with Gasteiger partial charge in [0.25, 0.3) is 0 Å². The molecule has 2 N–H and O–H groups in total. The van der Waals surface area contributed by atoms with Crippen LogP contribution in [-0.2, 0) is 9.53 Å². The molecule has 1 amide bonds. The van der Waals surface area contributed by atoms with Gasteiger partial charge in [-0.25, -0.2) is 0 Å². The normalized spacial score (nSPS) is 19.3. The molecular weight excluding hydrogens is 418 g/mol. The van der Waals surface area contributed by atoms with Crippen LogP contribution >= 0.6 is 23.1 Å². The molecule has 1 saturated heterocycles. The third kappa shape index (κ3) is 5.72. The second kappa shape index (κ2) is 10.6.